The van der Waals surface area contributed by atoms with Gasteiger partial charge in [-0.25, -0.2) is 9.37 Å². The fourth-order valence-electron chi connectivity index (χ4n) is 4.68. The van der Waals surface area contributed by atoms with E-state index in [0.717, 1.165) is 37.1 Å². The standard InChI is InChI=1S/C22H30N3O2/c1-4-23(5-2)18-10-7-16(8-11-18)14-20-21(26)24(6-3)22(27-20)25-15-17-9-12-19(25)13-17/h7-8,10-11,14,17,19H,4-6,9,12-13,15H2,1-3H3/q+1/b20-14+. The third kappa shape index (κ3) is 3.24. The van der Waals surface area contributed by atoms with Gasteiger partial charge >= 0.3 is 11.9 Å². The van der Waals surface area contributed by atoms with Gasteiger partial charge in [0.05, 0.1) is 19.1 Å². The van der Waals surface area contributed by atoms with Crippen molar-refractivity contribution in [3.05, 3.63) is 35.6 Å². The molecule has 1 saturated carbocycles. The second kappa shape index (κ2) is 7.37. The number of amidine groups is 1. The fraction of sp³-hybridized carbons (Fsp3) is 0.545. The van der Waals surface area contributed by atoms with Crippen molar-refractivity contribution < 1.29 is 14.1 Å². The number of benzene rings is 1. The molecule has 0 radical (unpaired) electrons. The molecule has 3 aliphatic rings. The average Bonchev–Trinajstić information content (AvgIpc) is 3.39. The van der Waals surface area contributed by atoms with E-state index < -0.39 is 0 Å². The Hall–Kier alpha value is -2.30. The van der Waals surface area contributed by atoms with Crippen LogP contribution in [0, 0.1) is 5.92 Å². The average molecular weight is 369 g/mol. The highest BCUT2D eigenvalue weighted by Gasteiger charge is 2.49. The predicted octanol–water partition coefficient (Wildman–Crippen LogP) is 3.30. The molecule has 1 amide bonds. The number of rotatable bonds is 5. The third-order valence-electron chi connectivity index (χ3n) is 6.18. The summed E-state index contributed by atoms with van der Waals surface area (Å²) in [7, 11) is 0. The number of fused-ring (bicyclic) bond motifs is 2. The molecule has 2 aliphatic heterocycles. The molecular weight excluding hydrogens is 338 g/mol. The molecule has 0 N–H and O–H groups in total. The molecule has 5 heteroatoms. The first-order valence-corrected chi connectivity index (χ1v) is 10.3. The maximum Gasteiger partial charge on any atom is 0.460 e. The van der Waals surface area contributed by atoms with Crippen molar-refractivity contribution in [1.82, 2.24) is 4.90 Å². The number of hydrogen-bond donors (Lipinski definition) is 0. The van der Waals surface area contributed by atoms with Crippen molar-refractivity contribution in [2.75, 3.05) is 31.1 Å². The summed E-state index contributed by atoms with van der Waals surface area (Å²) in [5.41, 5.74) is 2.20. The summed E-state index contributed by atoms with van der Waals surface area (Å²) >= 11 is 0. The van der Waals surface area contributed by atoms with E-state index in [1.165, 1.54) is 24.9 Å². The summed E-state index contributed by atoms with van der Waals surface area (Å²) < 4.78 is 8.43. The number of anilines is 1. The van der Waals surface area contributed by atoms with Crippen molar-refractivity contribution in [2.45, 2.75) is 46.1 Å². The van der Waals surface area contributed by atoms with E-state index in [-0.39, 0.29) is 5.91 Å². The van der Waals surface area contributed by atoms with Gasteiger partial charge in [-0.15, -0.1) is 0 Å². The topological polar surface area (TPSA) is 35.8 Å². The smallest absolute Gasteiger partial charge is 0.383 e. The summed E-state index contributed by atoms with van der Waals surface area (Å²) in [4.78, 5) is 17.0. The Morgan fingerprint density at radius 1 is 1.19 bits per heavy atom. The number of carbonyl (C=O) groups excluding carboxylic acids is 1. The van der Waals surface area contributed by atoms with Gasteiger partial charge in [-0.1, -0.05) is 12.1 Å². The minimum absolute atomic E-state index is 0.0249. The van der Waals surface area contributed by atoms with Gasteiger partial charge in [0.25, 0.3) is 0 Å². The Labute approximate surface area is 161 Å². The van der Waals surface area contributed by atoms with E-state index in [1.54, 1.807) is 4.90 Å². The van der Waals surface area contributed by atoms with Crippen LogP contribution >= 0.6 is 0 Å². The largest absolute Gasteiger partial charge is 0.460 e. The predicted molar refractivity (Wildman–Crippen MR) is 108 cm³/mol. The Morgan fingerprint density at radius 3 is 2.48 bits per heavy atom. The van der Waals surface area contributed by atoms with Gasteiger partial charge in [0.15, 0.2) is 0 Å². The monoisotopic (exact) mass is 368 g/mol. The Kier molecular flexibility index (Phi) is 4.94. The first-order chi connectivity index (χ1) is 13.1. The lowest BCUT2D eigenvalue weighted by Crippen LogP contribution is -2.39. The molecular formula is C22H30N3O2+. The van der Waals surface area contributed by atoms with Gasteiger partial charge in [0.2, 0.25) is 5.76 Å². The molecule has 0 spiro atoms. The molecule has 2 unspecified atom stereocenters. The van der Waals surface area contributed by atoms with Crippen LogP contribution in [-0.4, -0.2) is 53.6 Å². The molecule has 2 bridgehead atoms. The van der Waals surface area contributed by atoms with E-state index in [1.807, 2.05) is 13.0 Å². The summed E-state index contributed by atoms with van der Waals surface area (Å²) in [6, 6.07) is 9.63. The zero-order chi connectivity index (χ0) is 19.0. The van der Waals surface area contributed by atoms with Gasteiger partial charge < -0.3 is 9.64 Å². The molecule has 5 nitrogen and oxygen atoms in total. The van der Waals surface area contributed by atoms with Gasteiger partial charge in [-0.2, -0.15) is 4.90 Å². The van der Waals surface area contributed by atoms with Gasteiger partial charge in [-0.3, -0.25) is 0 Å². The normalized spacial score (nSPS) is 28.3. The van der Waals surface area contributed by atoms with Crippen molar-refractivity contribution in [2.24, 2.45) is 5.92 Å². The first kappa shape index (κ1) is 18.1. The summed E-state index contributed by atoms with van der Waals surface area (Å²) in [5.74, 6) is 1.17. The first-order valence-electron chi connectivity index (χ1n) is 10.3. The molecule has 2 atom stereocenters. The SMILES string of the molecule is CCN1C(=O)/C(=C\c2ccc(N(CC)CC)cc2)OC1=[N+]1CC2CCC1C2. The van der Waals surface area contributed by atoms with Gasteiger partial charge in [0.1, 0.15) is 0 Å². The number of amides is 1. The van der Waals surface area contributed by atoms with Crippen LogP contribution in [0.15, 0.2) is 30.0 Å². The van der Waals surface area contributed by atoms with Crippen LogP contribution in [-0.2, 0) is 9.53 Å². The minimum Gasteiger partial charge on any atom is -0.383 e. The van der Waals surface area contributed by atoms with Crippen molar-refractivity contribution >= 4 is 23.7 Å². The van der Waals surface area contributed by atoms with Gasteiger partial charge in [-0.05, 0) is 63.8 Å². The van der Waals surface area contributed by atoms with Crippen LogP contribution in [0.3, 0.4) is 0 Å². The molecule has 1 aromatic carbocycles. The van der Waals surface area contributed by atoms with Crippen LogP contribution in [0.1, 0.15) is 45.6 Å². The van der Waals surface area contributed by atoms with Crippen molar-refractivity contribution in [3.8, 4) is 0 Å². The number of nitrogens with zero attached hydrogens (tertiary/aromatic N) is 3. The second-order valence-corrected chi connectivity index (χ2v) is 7.69. The Bertz CT molecular complexity index is 777. The zero-order valence-electron chi connectivity index (χ0n) is 16.6. The van der Waals surface area contributed by atoms with E-state index in [9.17, 15) is 4.79 Å². The molecule has 2 heterocycles. The maximum absolute atomic E-state index is 12.9. The lowest BCUT2D eigenvalue weighted by atomic mass is 10.1. The number of piperidine rings is 1. The van der Waals surface area contributed by atoms with Crippen LogP contribution < -0.4 is 4.90 Å². The van der Waals surface area contributed by atoms with Crippen molar-refractivity contribution in [3.63, 3.8) is 0 Å². The summed E-state index contributed by atoms with van der Waals surface area (Å²) in [6.45, 7) is 9.96. The molecule has 4 rings (SSSR count). The van der Waals surface area contributed by atoms with Crippen LogP contribution in [0.2, 0.25) is 0 Å². The molecule has 3 fully saturated rings. The van der Waals surface area contributed by atoms with E-state index in [2.05, 4.69) is 47.6 Å². The quantitative estimate of drug-likeness (QED) is 0.591. The number of ether oxygens (including phenoxy) is 1. The number of carbonyl (C=O) groups is 1. The van der Waals surface area contributed by atoms with E-state index in [4.69, 9.17) is 4.74 Å². The maximum atomic E-state index is 12.9. The lowest BCUT2D eigenvalue weighted by molar-refractivity contribution is -0.564. The summed E-state index contributed by atoms with van der Waals surface area (Å²) in [6.07, 6.45) is 5.65. The highest BCUT2D eigenvalue weighted by atomic mass is 16.5. The van der Waals surface area contributed by atoms with E-state index in [0.29, 0.717) is 18.3 Å². The Morgan fingerprint density at radius 2 is 1.93 bits per heavy atom. The zero-order valence-corrected chi connectivity index (χ0v) is 16.6. The molecule has 0 aromatic heterocycles. The fourth-order valence-corrected chi connectivity index (χ4v) is 4.68. The number of hydrogen-bond acceptors (Lipinski definition) is 3. The second-order valence-electron chi connectivity index (χ2n) is 7.69. The van der Waals surface area contributed by atoms with Crippen LogP contribution in [0.4, 0.5) is 5.69 Å². The lowest BCUT2D eigenvalue weighted by Gasteiger charge is -2.20. The third-order valence-corrected chi connectivity index (χ3v) is 6.18. The molecule has 1 aliphatic carbocycles. The molecule has 144 valence electrons. The molecule has 27 heavy (non-hydrogen) atoms. The highest BCUT2D eigenvalue weighted by Crippen LogP contribution is 2.36. The highest BCUT2D eigenvalue weighted by molar-refractivity contribution is 6.10. The molecule has 1 aromatic rings. The van der Waals surface area contributed by atoms with Crippen molar-refractivity contribution in [1.29, 1.82) is 0 Å². The van der Waals surface area contributed by atoms with E-state index >= 15 is 0 Å². The Balaban J connectivity index is 1.59. The molecule has 2 saturated heterocycles. The summed E-state index contributed by atoms with van der Waals surface area (Å²) in [5, 5.41) is 0. The minimum atomic E-state index is -0.0249. The van der Waals surface area contributed by atoms with Crippen LogP contribution in [0.5, 0.6) is 0 Å². The number of likely N-dealkylation sites (N-methyl/N-ethyl adjacent to an activating group) is 1. The van der Waals surface area contributed by atoms with Crippen LogP contribution in [0.25, 0.3) is 6.08 Å². The van der Waals surface area contributed by atoms with Gasteiger partial charge in [0, 0.05) is 24.7 Å².